The van der Waals surface area contributed by atoms with E-state index in [9.17, 15) is 14.4 Å². The molecule has 1 saturated carbocycles. The molecule has 2 aliphatic rings. The number of rotatable bonds is 10. The van der Waals surface area contributed by atoms with E-state index in [-0.39, 0.29) is 30.5 Å². The molecule has 11 nitrogen and oxygen atoms in total. The molecule has 12 heteroatoms. The summed E-state index contributed by atoms with van der Waals surface area (Å²) in [5.41, 5.74) is 2.18. The van der Waals surface area contributed by atoms with Crippen LogP contribution in [0, 0.1) is 5.92 Å². The van der Waals surface area contributed by atoms with Crippen molar-refractivity contribution in [2.75, 3.05) is 46.4 Å². The Morgan fingerprint density at radius 1 is 1.05 bits per heavy atom. The average Bonchev–Trinajstić information content (AvgIpc) is 3.75. The largest absolute Gasteiger partial charge is 0.497 e. The zero-order valence-corrected chi connectivity index (χ0v) is 24.8. The van der Waals surface area contributed by atoms with Crippen molar-refractivity contribution in [1.29, 1.82) is 0 Å². The van der Waals surface area contributed by atoms with E-state index in [0.717, 1.165) is 24.2 Å². The Hall–Kier alpha value is -4.22. The second-order valence-corrected chi connectivity index (χ2v) is 11.6. The summed E-state index contributed by atoms with van der Waals surface area (Å²) in [5.74, 6) is 1.63. The summed E-state index contributed by atoms with van der Waals surface area (Å²) < 4.78 is 6.86. The Bertz CT molecular complexity index is 1660. The monoisotopic (exact) mass is 603 g/mol. The summed E-state index contributed by atoms with van der Waals surface area (Å²) in [7, 11) is 1.62. The van der Waals surface area contributed by atoms with Crippen molar-refractivity contribution in [2.24, 2.45) is 5.92 Å². The number of aromatic nitrogens is 4. The second-order valence-electron chi connectivity index (χ2n) is 11.2. The Kier molecular flexibility index (Phi) is 8.44. The fourth-order valence-corrected chi connectivity index (χ4v) is 5.50. The van der Waals surface area contributed by atoms with Gasteiger partial charge in [0.2, 0.25) is 5.91 Å². The van der Waals surface area contributed by atoms with Crippen molar-refractivity contribution in [3.8, 4) is 5.75 Å². The molecule has 0 atom stereocenters. The molecule has 1 aliphatic carbocycles. The van der Waals surface area contributed by atoms with Crippen LogP contribution in [0.5, 0.6) is 5.75 Å². The van der Waals surface area contributed by atoms with Gasteiger partial charge in [-0.3, -0.25) is 24.0 Å². The molecule has 2 fully saturated rings. The molecule has 43 heavy (non-hydrogen) atoms. The number of benzene rings is 2. The van der Waals surface area contributed by atoms with Crippen LogP contribution >= 0.6 is 11.6 Å². The van der Waals surface area contributed by atoms with E-state index in [1.165, 1.54) is 0 Å². The molecule has 1 aliphatic heterocycles. The predicted octanol–water partition coefficient (Wildman–Crippen LogP) is 3.03. The van der Waals surface area contributed by atoms with Gasteiger partial charge in [-0.2, -0.15) is 5.10 Å². The van der Waals surface area contributed by atoms with E-state index >= 15 is 0 Å². The maximum Gasteiger partial charge on any atom is 0.277 e. The molecule has 3 heterocycles. The standard InChI is InChI=1S/C31H34ClN7O4/c1-43-25-10-4-22(5-11-25)18-39-29-26(16-33-39)34-27(35-30(29)41)19-38(17-21-2-3-21)28(40)20-36-12-14-37(15-13-36)31(42)23-6-8-24(32)9-7-23/h4-11,16,21H,2-3,12-15,17-20H2,1H3,(H,34,35,41). The third kappa shape index (κ3) is 6.89. The lowest BCUT2D eigenvalue weighted by Gasteiger charge is -2.35. The molecule has 0 unspecified atom stereocenters. The number of aromatic amines is 1. The number of piperazine rings is 1. The molecular weight excluding hydrogens is 570 g/mol. The summed E-state index contributed by atoms with van der Waals surface area (Å²) in [5, 5.41) is 5.00. The number of hydrogen-bond acceptors (Lipinski definition) is 7. The first-order valence-electron chi connectivity index (χ1n) is 14.5. The molecule has 224 valence electrons. The highest BCUT2D eigenvalue weighted by molar-refractivity contribution is 6.30. The van der Waals surface area contributed by atoms with Gasteiger partial charge in [0, 0.05) is 43.3 Å². The van der Waals surface area contributed by atoms with Gasteiger partial charge in [-0.15, -0.1) is 0 Å². The van der Waals surface area contributed by atoms with Gasteiger partial charge in [-0.05, 0) is 60.7 Å². The minimum absolute atomic E-state index is 0.0117. The Balaban J connectivity index is 1.09. The Morgan fingerprint density at radius 2 is 1.77 bits per heavy atom. The van der Waals surface area contributed by atoms with Crippen molar-refractivity contribution < 1.29 is 14.3 Å². The summed E-state index contributed by atoms with van der Waals surface area (Å²) >= 11 is 5.96. The van der Waals surface area contributed by atoms with Crippen molar-refractivity contribution in [3.63, 3.8) is 0 Å². The van der Waals surface area contributed by atoms with Crippen LogP contribution in [0.15, 0.2) is 59.5 Å². The highest BCUT2D eigenvalue weighted by Crippen LogP contribution is 2.30. The van der Waals surface area contributed by atoms with Gasteiger partial charge in [-0.1, -0.05) is 23.7 Å². The molecule has 4 aromatic rings. The molecule has 1 saturated heterocycles. The van der Waals surface area contributed by atoms with Crippen LogP contribution in [0.4, 0.5) is 0 Å². The minimum Gasteiger partial charge on any atom is -0.497 e. The zero-order chi connectivity index (χ0) is 29.9. The maximum atomic E-state index is 13.5. The third-order valence-electron chi connectivity index (χ3n) is 8.02. The van der Waals surface area contributed by atoms with Crippen molar-refractivity contribution in [1.82, 2.24) is 34.4 Å². The number of halogens is 1. The molecule has 2 amide bonds. The van der Waals surface area contributed by atoms with Crippen molar-refractivity contribution >= 4 is 34.4 Å². The first-order valence-corrected chi connectivity index (χ1v) is 14.9. The predicted molar refractivity (Wildman–Crippen MR) is 162 cm³/mol. The van der Waals surface area contributed by atoms with Crippen LogP contribution in [0.3, 0.4) is 0 Å². The number of carbonyl (C=O) groups excluding carboxylic acids is 2. The summed E-state index contributed by atoms with van der Waals surface area (Å²) in [4.78, 5) is 52.8. The Morgan fingerprint density at radius 3 is 2.44 bits per heavy atom. The van der Waals surface area contributed by atoms with E-state index in [4.69, 9.17) is 16.3 Å². The number of H-pyrrole nitrogens is 1. The van der Waals surface area contributed by atoms with Gasteiger partial charge in [0.05, 0.1) is 32.9 Å². The van der Waals surface area contributed by atoms with E-state index in [0.29, 0.717) is 72.6 Å². The van der Waals surface area contributed by atoms with Crippen LogP contribution in [-0.2, 0) is 17.9 Å². The zero-order valence-electron chi connectivity index (χ0n) is 24.0. The van der Waals surface area contributed by atoms with E-state index in [2.05, 4.69) is 20.0 Å². The minimum atomic E-state index is -0.286. The summed E-state index contributed by atoms with van der Waals surface area (Å²) in [6, 6.07) is 14.5. The quantitative estimate of drug-likeness (QED) is 0.296. The highest BCUT2D eigenvalue weighted by atomic mass is 35.5. The molecule has 0 spiro atoms. The van der Waals surface area contributed by atoms with Crippen LogP contribution < -0.4 is 10.3 Å². The lowest BCUT2D eigenvalue weighted by molar-refractivity contribution is -0.133. The molecule has 1 N–H and O–H groups in total. The normalized spacial score (nSPS) is 15.5. The van der Waals surface area contributed by atoms with Crippen LogP contribution in [0.25, 0.3) is 11.0 Å². The Labute approximate surface area is 254 Å². The topological polar surface area (TPSA) is 117 Å². The van der Waals surface area contributed by atoms with Gasteiger partial charge < -0.3 is 19.5 Å². The first-order chi connectivity index (χ1) is 20.9. The molecule has 0 radical (unpaired) electrons. The molecule has 2 aromatic heterocycles. The number of ether oxygens (including phenoxy) is 1. The third-order valence-corrected chi connectivity index (χ3v) is 8.27. The maximum absolute atomic E-state index is 13.5. The first kappa shape index (κ1) is 28.9. The van der Waals surface area contributed by atoms with E-state index < -0.39 is 0 Å². The van der Waals surface area contributed by atoms with E-state index in [1.54, 1.807) is 47.2 Å². The number of hydrogen-bond donors (Lipinski definition) is 1. The molecule has 6 rings (SSSR count). The number of nitrogens with zero attached hydrogens (tertiary/aromatic N) is 6. The van der Waals surface area contributed by atoms with Crippen LogP contribution in [0.1, 0.15) is 34.6 Å². The number of methoxy groups -OCH3 is 1. The van der Waals surface area contributed by atoms with Crippen LogP contribution in [-0.4, -0.2) is 92.6 Å². The van der Waals surface area contributed by atoms with Crippen molar-refractivity contribution in [3.05, 3.63) is 87.1 Å². The smallest absolute Gasteiger partial charge is 0.277 e. The van der Waals surface area contributed by atoms with Gasteiger partial charge >= 0.3 is 0 Å². The lowest BCUT2D eigenvalue weighted by atomic mass is 10.2. The van der Waals surface area contributed by atoms with Crippen LogP contribution in [0.2, 0.25) is 5.02 Å². The highest BCUT2D eigenvalue weighted by Gasteiger charge is 2.30. The van der Waals surface area contributed by atoms with Gasteiger partial charge in [0.1, 0.15) is 17.1 Å². The summed E-state index contributed by atoms with van der Waals surface area (Å²) in [6.07, 6.45) is 3.78. The van der Waals surface area contributed by atoms with Gasteiger partial charge in [0.15, 0.2) is 5.52 Å². The fraction of sp³-hybridized carbons (Fsp3) is 0.387. The molecular formula is C31H34ClN7O4. The number of carbonyl (C=O) groups is 2. The van der Waals surface area contributed by atoms with Gasteiger partial charge in [0.25, 0.3) is 11.5 Å². The molecule has 2 aromatic carbocycles. The SMILES string of the molecule is COc1ccc(Cn2ncc3nc(CN(CC4CC4)C(=O)CN4CCN(C(=O)c5ccc(Cl)cc5)CC4)[nH]c(=O)c32)cc1. The number of nitrogens with one attached hydrogen (secondary N) is 1. The fourth-order valence-electron chi connectivity index (χ4n) is 5.38. The molecule has 0 bridgehead atoms. The van der Waals surface area contributed by atoms with E-state index in [1.807, 2.05) is 29.2 Å². The second kappa shape index (κ2) is 12.6. The van der Waals surface area contributed by atoms with Gasteiger partial charge in [-0.25, -0.2) is 4.98 Å². The lowest BCUT2D eigenvalue weighted by Crippen LogP contribution is -2.51. The number of fused-ring (bicyclic) bond motifs is 1. The average molecular weight is 604 g/mol. The number of amides is 2. The van der Waals surface area contributed by atoms with Crippen molar-refractivity contribution in [2.45, 2.75) is 25.9 Å². The summed E-state index contributed by atoms with van der Waals surface area (Å²) in [6.45, 7) is 3.83.